The lowest BCUT2D eigenvalue weighted by Gasteiger charge is -2.13. The molecule has 0 saturated carbocycles. The van der Waals surface area contributed by atoms with Gasteiger partial charge in [0.15, 0.2) is 0 Å². The first-order valence-corrected chi connectivity index (χ1v) is 8.09. The molecule has 1 heterocycles. The number of aromatic carboxylic acids is 1. The second-order valence-corrected chi connectivity index (χ2v) is 5.91. The van der Waals surface area contributed by atoms with Crippen LogP contribution in [0.3, 0.4) is 0 Å². The van der Waals surface area contributed by atoms with Gasteiger partial charge in [-0.3, -0.25) is 4.79 Å². The van der Waals surface area contributed by atoms with Crippen molar-refractivity contribution in [2.75, 3.05) is 6.61 Å². The van der Waals surface area contributed by atoms with E-state index in [1.807, 2.05) is 0 Å². The molecular weight excluding hydrogens is 379 g/mol. The Labute approximate surface area is 156 Å². The molecule has 146 valence electrons. The van der Waals surface area contributed by atoms with Crippen LogP contribution in [0, 0.1) is 17.5 Å². The Kier molecular flexibility index (Phi) is 5.36. The topological polar surface area (TPSA) is 88.8 Å². The Bertz CT molecular complexity index is 1100. The second-order valence-electron chi connectivity index (χ2n) is 5.91. The van der Waals surface area contributed by atoms with E-state index in [4.69, 9.17) is 9.84 Å². The molecule has 1 aromatic heterocycles. The molecule has 3 aromatic rings. The zero-order chi connectivity index (χ0) is 20.4. The fourth-order valence-electron chi connectivity index (χ4n) is 2.78. The van der Waals surface area contributed by atoms with Crippen LogP contribution in [0.25, 0.3) is 10.9 Å². The number of pyridine rings is 1. The number of benzene rings is 2. The molecular formula is C19H14F3NO5. The van der Waals surface area contributed by atoms with Crippen LogP contribution in [0.5, 0.6) is 5.75 Å². The Morgan fingerprint density at radius 2 is 1.79 bits per heavy atom. The van der Waals surface area contributed by atoms with E-state index in [2.05, 4.69) is 0 Å². The molecule has 0 radical (unpaired) electrons. The summed E-state index contributed by atoms with van der Waals surface area (Å²) in [5, 5.41) is 18.4. The average molecular weight is 393 g/mol. The van der Waals surface area contributed by atoms with Crippen LogP contribution in [0.15, 0.2) is 41.3 Å². The third-order valence-corrected chi connectivity index (χ3v) is 4.11. The number of halogens is 3. The van der Waals surface area contributed by atoms with E-state index in [0.29, 0.717) is 17.6 Å². The smallest absolute Gasteiger partial charge is 0.341 e. The van der Waals surface area contributed by atoms with Crippen molar-refractivity contribution in [3.8, 4) is 5.75 Å². The predicted octanol–water partition coefficient (Wildman–Crippen LogP) is 2.69. The molecule has 9 heteroatoms. The van der Waals surface area contributed by atoms with Crippen molar-refractivity contribution in [3.63, 3.8) is 0 Å². The van der Waals surface area contributed by atoms with Gasteiger partial charge in [0.2, 0.25) is 5.43 Å². The van der Waals surface area contributed by atoms with Gasteiger partial charge in [0, 0.05) is 24.9 Å². The number of rotatable bonds is 6. The number of hydrogen-bond donors (Lipinski definition) is 2. The summed E-state index contributed by atoms with van der Waals surface area (Å²) in [6, 6.07) is 5.18. The van der Waals surface area contributed by atoms with E-state index in [9.17, 15) is 27.9 Å². The van der Waals surface area contributed by atoms with Crippen LogP contribution in [-0.2, 0) is 13.2 Å². The fourth-order valence-corrected chi connectivity index (χ4v) is 2.78. The van der Waals surface area contributed by atoms with E-state index in [-0.39, 0.29) is 24.3 Å². The van der Waals surface area contributed by atoms with Gasteiger partial charge in [0.1, 0.15) is 35.4 Å². The Morgan fingerprint density at radius 3 is 2.39 bits per heavy atom. The van der Waals surface area contributed by atoms with Crippen molar-refractivity contribution in [2.24, 2.45) is 0 Å². The zero-order valence-electron chi connectivity index (χ0n) is 14.3. The summed E-state index contributed by atoms with van der Waals surface area (Å²) in [6.45, 7) is -0.783. The number of carboxylic acid groups (broad SMARTS) is 1. The Balaban J connectivity index is 2.01. The van der Waals surface area contributed by atoms with Gasteiger partial charge in [-0.05, 0) is 18.2 Å². The third kappa shape index (κ3) is 3.70. The molecule has 2 N–H and O–H groups in total. The van der Waals surface area contributed by atoms with Gasteiger partial charge < -0.3 is 19.5 Å². The first kappa shape index (κ1) is 19.4. The quantitative estimate of drug-likeness (QED) is 0.672. The maximum absolute atomic E-state index is 13.7. The molecule has 0 spiro atoms. The number of nitrogens with zero attached hydrogens (tertiary/aromatic N) is 1. The summed E-state index contributed by atoms with van der Waals surface area (Å²) >= 11 is 0. The molecule has 0 atom stereocenters. The summed E-state index contributed by atoms with van der Waals surface area (Å²) in [4.78, 5) is 23.7. The molecule has 0 aliphatic carbocycles. The van der Waals surface area contributed by atoms with Gasteiger partial charge in [-0.15, -0.1) is 0 Å². The van der Waals surface area contributed by atoms with Gasteiger partial charge in [0.05, 0.1) is 23.1 Å². The lowest BCUT2D eigenvalue weighted by molar-refractivity contribution is 0.0694. The van der Waals surface area contributed by atoms with E-state index in [1.165, 1.54) is 22.8 Å². The minimum atomic E-state index is -1.43. The number of aromatic nitrogens is 1. The van der Waals surface area contributed by atoms with Gasteiger partial charge in [0.25, 0.3) is 0 Å². The first-order chi connectivity index (χ1) is 13.3. The van der Waals surface area contributed by atoms with Gasteiger partial charge in [-0.25, -0.2) is 18.0 Å². The highest BCUT2D eigenvalue weighted by molar-refractivity contribution is 5.92. The number of ether oxygens (including phenoxy) is 1. The number of aliphatic hydroxyl groups excluding tert-OH is 1. The summed E-state index contributed by atoms with van der Waals surface area (Å²) in [5.41, 5.74) is -1.39. The normalized spacial score (nSPS) is 11.0. The Hall–Kier alpha value is -3.33. The van der Waals surface area contributed by atoms with Crippen molar-refractivity contribution in [2.45, 2.75) is 13.2 Å². The van der Waals surface area contributed by atoms with E-state index < -0.39 is 46.6 Å². The summed E-state index contributed by atoms with van der Waals surface area (Å²) in [5.74, 6) is -4.66. The molecule has 0 aliphatic rings. The maximum atomic E-state index is 13.7. The molecule has 0 unspecified atom stereocenters. The second kappa shape index (κ2) is 7.73. The molecule has 0 saturated heterocycles. The highest BCUT2D eigenvalue weighted by atomic mass is 19.1. The van der Waals surface area contributed by atoms with Gasteiger partial charge in [-0.1, -0.05) is 0 Å². The standard InChI is InChI=1S/C19H14F3NO5/c20-10-5-15(21)14(16(22)6-10)9-28-11-1-2-17-12(7-11)18(25)13(19(26)27)8-23(17)3-4-24/h1-2,5-8,24H,3-4,9H2,(H,26,27). The predicted molar refractivity (Wildman–Crippen MR) is 92.9 cm³/mol. The minimum absolute atomic E-state index is 0.00546. The largest absolute Gasteiger partial charge is 0.489 e. The number of aliphatic hydroxyl groups is 1. The van der Waals surface area contributed by atoms with Crippen LogP contribution < -0.4 is 10.2 Å². The lowest BCUT2D eigenvalue weighted by atomic mass is 10.1. The third-order valence-electron chi connectivity index (χ3n) is 4.11. The average Bonchev–Trinajstić information content (AvgIpc) is 2.63. The van der Waals surface area contributed by atoms with Gasteiger partial charge in [-0.2, -0.15) is 0 Å². The molecule has 0 fully saturated rings. The van der Waals surface area contributed by atoms with Crippen LogP contribution in [0.1, 0.15) is 15.9 Å². The molecule has 0 aliphatic heterocycles. The van der Waals surface area contributed by atoms with Crippen molar-refractivity contribution in [1.82, 2.24) is 4.57 Å². The van der Waals surface area contributed by atoms with Crippen molar-refractivity contribution >= 4 is 16.9 Å². The molecule has 3 rings (SSSR count). The summed E-state index contributed by atoms with van der Waals surface area (Å²) in [7, 11) is 0. The van der Waals surface area contributed by atoms with E-state index in [1.54, 1.807) is 0 Å². The van der Waals surface area contributed by atoms with Crippen LogP contribution >= 0.6 is 0 Å². The summed E-state index contributed by atoms with van der Waals surface area (Å²) in [6.07, 6.45) is 1.13. The van der Waals surface area contributed by atoms with Crippen LogP contribution in [0.4, 0.5) is 13.2 Å². The first-order valence-electron chi connectivity index (χ1n) is 8.09. The number of carbonyl (C=O) groups is 1. The SMILES string of the molecule is O=C(O)c1cn(CCO)c2ccc(OCc3c(F)cc(F)cc3F)cc2c1=O. The lowest BCUT2D eigenvalue weighted by Crippen LogP contribution is -2.19. The van der Waals surface area contributed by atoms with Crippen LogP contribution in [0.2, 0.25) is 0 Å². The maximum Gasteiger partial charge on any atom is 0.341 e. The zero-order valence-corrected chi connectivity index (χ0v) is 14.3. The summed E-state index contributed by atoms with van der Waals surface area (Å²) < 4.78 is 47.1. The van der Waals surface area contributed by atoms with Gasteiger partial charge >= 0.3 is 5.97 Å². The van der Waals surface area contributed by atoms with Crippen molar-refractivity contribution < 1.29 is 32.9 Å². The molecule has 0 amide bonds. The van der Waals surface area contributed by atoms with E-state index in [0.717, 1.165) is 6.20 Å². The molecule has 0 bridgehead atoms. The highest BCUT2D eigenvalue weighted by Gasteiger charge is 2.16. The fraction of sp³-hybridized carbons (Fsp3) is 0.158. The molecule has 28 heavy (non-hydrogen) atoms. The molecule has 2 aromatic carbocycles. The minimum Gasteiger partial charge on any atom is -0.489 e. The van der Waals surface area contributed by atoms with Crippen molar-refractivity contribution in [1.29, 1.82) is 0 Å². The molecule has 6 nitrogen and oxygen atoms in total. The highest BCUT2D eigenvalue weighted by Crippen LogP contribution is 2.22. The number of fused-ring (bicyclic) bond motifs is 1. The monoisotopic (exact) mass is 393 g/mol. The van der Waals surface area contributed by atoms with E-state index >= 15 is 0 Å². The van der Waals surface area contributed by atoms with Crippen LogP contribution in [-0.4, -0.2) is 27.4 Å². The Morgan fingerprint density at radius 1 is 1.11 bits per heavy atom. The number of carboxylic acids is 1. The van der Waals surface area contributed by atoms with Crippen molar-refractivity contribution in [3.05, 3.63) is 75.3 Å². The number of hydrogen-bond acceptors (Lipinski definition) is 4.